The minimum Gasteiger partial charge on any atom is -0.452 e. The Labute approximate surface area is 160 Å². The summed E-state index contributed by atoms with van der Waals surface area (Å²) in [5.41, 5.74) is 5.95. The molecule has 0 spiro atoms. The molecule has 2 rings (SSSR count). The largest absolute Gasteiger partial charge is 0.452 e. The van der Waals surface area contributed by atoms with Crippen LogP contribution >= 0.6 is 0 Å². The van der Waals surface area contributed by atoms with E-state index in [4.69, 9.17) is 10.5 Å². The van der Waals surface area contributed by atoms with E-state index in [1.165, 1.54) is 13.0 Å². The van der Waals surface area contributed by atoms with E-state index in [9.17, 15) is 24.5 Å². The number of nitrogens with one attached hydrogen (secondary N) is 1. The molecule has 0 aromatic heterocycles. The second-order valence-electron chi connectivity index (χ2n) is 6.03. The van der Waals surface area contributed by atoms with Gasteiger partial charge >= 0.3 is 5.97 Å². The van der Waals surface area contributed by atoms with Crippen molar-refractivity contribution in [3.05, 3.63) is 69.8 Å². The topological polar surface area (TPSA) is 142 Å². The van der Waals surface area contributed by atoms with Gasteiger partial charge in [0.1, 0.15) is 0 Å². The highest BCUT2D eigenvalue weighted by Crippen LogP contribution is 2.20. The standard InChI is InChI=1S/C19H19N3O6/c1-12(23)17(9-13-5-3-2-4-6-13)21-18(24)11-28-19(25)15-10-14(22(26)27)7-8-16(15)20/h2-8,10,17H,9,11,20H2,1H3,(H,21,24)/t17-/m1/s1. The number of hydrogen-bond donors (Lipinski definition) is 2. The van der Waals surface area contributed by atoms with Crippen molar-refractivity contribution in [2.75, 3.05) is 12.3 Å². The Hall–Kier alpha value is -3.75. The van der Waals surface area contributed by atoms with Crippen molar-refractivity contribution >= 4 is 29.0 Å². The molecule has 0 bridgehead atoms. The van der Waals surface area contributed by atoms with Crippen molar-refractivity contribution in [3.8, 4) is 0 Å². The first-order valence-corrected chi connectivity index (χ1v) is 8.32. The van der Waals surface area contributed by atoms with Crippen LogP contribution in [0.25, 0.3) is 0 Å². The third kappa shape index (κ3) is 5.63. The monoisotopic (exact) mass is 385 g/mol. The highest BCUT2D eigenvalue weighted by molar-refractivity contribution is 5.97. The summed E-state index contributed by atoms with van der Waals surface area (Å²) < 4.78 is 4.87. The van der Waals surface area contributed by atoms with Crippen molar-refractivity contribution in [1.82, 2.24) is 5.32 Å². The third-order valence-corrected chi connectivity index (χ3v) is 3.91. The molecule has 0 saturated carbocycles. The van der Waals surface area contributed by atoms with E-state index in [0.717, 1.165) is 17.7 Å². The lowest BCUT2D eigenvalue weighted by Crippen LogP contribution is -2.43. The van der Waals surface area contributed by atoms with Crippen LogP contribution in [0.2, 0.25) is 0 Å². The molecule has 2 aromatic carbocycles. The van der Waals surface area contributed by atoms with Crippen molar-refractivity contribution in [1.29, 1.82) is 0 Å². The maximum atomic E-state index is 12.1. The van der Waals surface area contributed by atoms with E-state index < -0.39 is 29.4 Å². The molecule has 0 aliphatic rings. The molecule has 1 amide bonds. The van der Waals surface area contributed by atoms with Crippen LogP contribution in [0, 0.1) is 10.1 Å². The maximum Gasteiger partial charge on any atom is 0.341 e. The number of nitrogens with zero attached hydrogens (tertiary/aromatic N) is 1. The van der Waals surface area contributed by atoms with Gasteiger partial charge in [-0.05, 0) is 25.0 Å². The van der Waals surface area contributed by atoms with Crippen molar-refractivity contribution in [2.45, 2.75) is 19.4 Å². The van der Waals surface area contributed by atoms with Gasteiger partial charge in [-0.15, -0.1) is 0 Å². The second kappa shape index (κ2) is 9.26. The van der Waals surface area contributed by atoms with E-state index in [1.807, 2.05) is 30.3 Å². The number of nitro groups is 1. The predicted molar refractivity (Wildman–Crippen MR) is 101 cm³/mol. The number of ketones is 1. The Morgan fingerprint density at radius 3 is 2.46 bits per heavy atom. The average Bonchev–Trinajstić information content (AvgIpc) is 2.66. The zero-order valence-electron chi connectivity index (χ0n) is 15.1. The highest BCUT2D eigenvalue weighted by atomic mass is 16.6. The first kappa shape index (κ1) is 20.6. The lowest BCUT2D eigenvalue weighted by molar-refractivity contribution is -0.384. The lowest BCUT2D eigenvalue weighted by Gasteiger charge is -2.16. The van der Waals surface area contributed by atoms with Crippen LogP contribution in [-0.2, 0) is 20.7 Å². The molecule has 0 unspecified atom stereocenters. The fourth-order valence-corrected chi connectivity index (χ4v) is 2.43. The van der Waals surface area contributed by atoms with E-state index in [2.05, 4.69) is 5.32 Å². The Morgan fingerprint density at radius 2 is 1.86 bits per heavy atom. The van der Waals surface area contributed by atoms with Crippen molar-refractivity contribution in [2.24, 2.45) is 0 Å². The van der Waals surface area contributed by atoms with Crippen LogP contribution in [-0.4, -0.2) is 35.2 Å². The molecule has 1 atom stereocenters. The molecule has 9 heteroatoms. The van der Waals surface area contributed by atoms with Gasteiger partial charge < -0.3 is 15.8 Å². The number of nitro benzene ring substituents is 1. The number of nitrogen functional groups attached to an aromatic ring is 1. The highest BCUT2D eigenvalue weighted by Gasteiger charge is 2.20. The predicted octanol–water partition coefficient (Wildman–Crippen LogP) is 1.65. The smallest absolute Gasteiger partial charge is 0.341 e. The molecule has 0 aliphatic heterocycles. The lowest BCUT2D eigenvalue weighted by atomic mass is 10.0. The third-order valence-electron chi connectivity index (χ3n) is 3.91. The van der Waals surface area contributed by atoms with Crippen LogP contribution in [0.4, 0.5) is 11.4 Å². The number of ether oxygens (including phenoxy) is 1. The zero-order chi connectivity index (χ0) is 20.7. The van der Waals surface area contributed by atoms with Crippen molar-refractivity contribution in [3.63, 3.8) is 0 Å². The summed E-state index contributed by atoms with van der Waals surface area (Å²) in [7, 11) is 0. The van der Waals surface area contributed by atoms with Crippen LogP contribution in [0.15, 0.2) is 48.5 Å². The molecule has 9 nitrogen and oxygen atoms in total. The van der Waals surface area contributed by atoms with Gasteiger partial charge in [-0.25, -0.2) is 4.79 Å². The summed E-state index contributed by atoms with van der Waals surface area (Å²) in [6, 6.07) is 11.7. The summed E-state index contributed by atoms with van der Waals surface area (Å²) >= 11 is 0. The van der Waals surface area contributed by atoms with Crippen molar-refractivity contribution < 1.29 is 24.0 Å². The van der Waals surface area contributed by atoms with E-state index >= 15 is 0 Å². The fourth-order valence-electron chi connectivity index (χ4n) is 2.43. The first-order valence-electron chi connectivity index (χ1n) is 8.32. The molecule has 0 heterocycles. The van der Waals surface area contributed by atoms with E-state index in [-0.39, 0.29) is 22.7 Å². The number of carbonyl (C=O) groups is 3. The number of esters is 1. The van der Waals surface area contributed by atoms with Crippen LogP contribution in [0.3, 0.4) is 0 Å². The Balaban J connectivity index is 1.97. The van der Waals surface area contributed by atoms with Crippen LogP contribution < -0.4 is 11.1 Å². The summed E-state index contributed by atoms with van der Waals surface area (Å²) in [5, 5.41) is 13.3. The number of non-ortho nitro benzene ring substituents is 1. The van der Waals surface area contributed by atoms with Gasteiger partial charge in [0, 0.05) is 17.8 Å². The summed E-state index contributed by atoms with van der Waals surface area (Å²) in [6.07, 6.45) is 0.299. The van der Waals surface area contributed by atoms with Gasteiger partial charge in [0.2, 0.25) is 0 Å². The zero-order valence-corrected chi connectivity index (χ0v) is 15.1. The summed E-state index contributed by atoms with van der Waals surface area (Å²) in [6.45, 7) is 0.698. The molecular formula is C19H19N3O6. The average molecular weight is 385 g/mol. The fraction of sp³-hybridized carbons (Fsp3) is 0.211. The van der Waals surface area contributed by atoms with Crippen LogP contribution in [0.5, 0.6) is 0 Å². The maximum absolute atomic E-state index is 12.1. The van der Waals surface area contributed by atoms with E-state index in [1.54, 1.807) is 0 Å². The Kier molecular flexibility index (Phi) is 6.80. The first-order chi connectivity index (χ1) is 13.3. The molecule has 2 aromatic rings. The normalized spacial score (nSPS) is 11.3. The van der Waals surface area contributed by atoms with Gasteiger partial charge in [0.05, 0.1) is 16.5 Å². The minimum absolute atomic E-state index is 0.0123. The van der Waals surface area contributed by atoms with Gasteiger partial charge in [-0.2, -0.15) is 0 Å². The molecule has 3 N–H and O–H groups in total. The molecule has 146 valence electrons. The number of nitrogens with two attached hydrogens (primary N) is 1. The number of benzene rings is 2. The second-order valence-corrected chi connectivity index (χ2v) is 6.03. The van der Waals surface area contributed by atoms with Gasteiger partial charge in [0.15, 0.2) is 12.4 Å². The minimum atomic E-state index is -0.973. The molecule has 0 aliphatic carbocycles. The van der Waals surface area contributed by atoms with E-state index in [0.29, 0.717) is 6.42 Å². The summed E-state index contributed by atoms with van der Waals surface area (Å²) in [5.74, 6) is -1.89. The SMILES string of the molecule is CC(=O)[C@@H](Cc1ccccc1)NC(=O)COC(=O)c1cc([N+](=O)[O-])ccc1N. The molecular weight excluding hydrogens is 366 g/mol. The van der Waals surface area contributed by atoms with Gasteiger partial charge in [0.25, 0.3) is 11.6 Å². The Morgan fingerprint density at radius 1 is 1.18 bits per heavy atom. The number of rotatable bonds is 8. The quantitative estimate of drug-likeness (QED) is 0.304. The Bertz CT molecular complexity index is 898. The number of amides is 1. The number of anilines is 1. The summed E-state index contributed by atoms with van der Waals surface area (Å²) in [4.78, 5) is 46.1. The van der Waals surface area contributed by atoms with Crippen LogP contribution in [0.1, 0.15) is 22.8 Å². The number of hydrogen-bond acceptors (Lipinski definition) is 7. The number of Topliss-reactive ketones (excluding diaryl/α,β-unsaturated/α-hetero) is 1. The van der Waals surface area contributed by atoms with Gasteiger partial charge in [-0.3, -0.25) is 19.7 Å². The number of carbonyl (C=O) groups excluding carboxylic acids is 3. The molecule has 28 heavy (non-hydrogen) atoms. The molecule has 0 fully saturated rings. The molecule has 0 saturated heterocycles. The molecule has 0 radical (unpaired) electrons. The van der Waals surface area contributed by atoms with Gasteiger partial charge in [-0.1, -0.05) is 30.3 Å².